The Hall–Kier alpha value is -0.550. The molecule has 1 atom stereocenters. The quantitative estimate of drug-likeness (QED) is 0.893. The zero-order valence-corrected chi connectivity index (χ0v) is 10.6. The summed E-state index contributed by atoms with van der Waals surface area (Å²) in [6.45, 7) is 1.47. The molecule has 2 N–H and O–H groups in total. The minimum Gasteiger partial charge on any atom is -0.394 e. The molecule has 0 radical (unpaired) electrons. The van der Waals surface area contributed by atoms with E-state index in [0.29, 0.717) is 0 Å². The van der Waals surface area contributed by atoms with Gasteiger partial charge in [0.2, 0.25) is 0 Å². The average Bonchev–Trinajstić information content (AvgIpc) is 2.25. The Morgan fingerprint density at radius 1 is 1.50 bits per heavy atom. The lowest BCUT2D eigenvalue weighted by Gasteiger charge is -2.11. The van der Waals surface area contributed by atoms with E-state index in [-0.39, 0.29) is 33.4 Å². The molecule has 1 heterocycles. The van der Waals surface area contributed by atoms with Crippen LogP contribution in [0.5, 0.6) is 0 Å². The number of amides is 1. The number of carbonyl (C=O) groups excluding carboxylic acids is 1. The van der Waals surface area contributed by atoms with E-state index >= 15 is 0 Å². The van der Waals surface area contributed by atoms with Crippen molar-refractivity contribution in [2.24, 2.45) is 0 Å². The molecule has 0 aromatic carbocycles. The van der Waals surface area contributed by atoms with Crippen molar-refractivity contribution in [3.05, 3.63) is 27.0 Å². The highest BCUT2D eigenvalue weighted by Gasteiger charge is 2.18. The van der Waals surface area contributed by atoms with Crippen LogP contribution in [0.1, 0.15) is 17.4 Å². The standard InChI is InChI=1S/C9H9Cl3N2O2/c1-4(3-15)14-9(16)8-7(12)6(11)5(10)2-13-8/h2,4,15H,3H2,1H3,(H,14,16)/t4-/m0/s1. The van der Waals surface area contributed by atoms with Gasteiger partial charge < -0.3 is 10.4 Å². The van der Waals surface area contributed by atoms with E-state index in [1.807, 2.05) is 0 Å². The molecule has 0 bridgehead atoms. The number of nitrogens with one attached hydrogen (secondary N) is 1. The molecule has 1 rings (SSSR count). The van der Waals surface area contributed by atoms with Crippen LogP contribution in [0.2, 0.25) is 15.1 Å². The van der Waals surface area contributed by atoms with Gasteiger partial charge in [-0.3, -0.25) is 4.79 Å². The van der Waals surface area contributed by atoms with Crippen molar-refractivity contribution in [1.82, 2.24) is 10.3 Å². The number of halogens is 3. The maximum absolute atomic E-state index is 11.6. The molecule has 4 nitrogen and oxygen atoms in total. The van der Waals surface area contributed by atoms with E-state index in [1.165, 1.54) is 6.20 Å². The summed E-state index contributed by atoms with van der Waals surface area (Å²) < 4.78 is 0. The van der Waals surface area contributed by atoms with E-state index < -0.39 is 5.91 Å². The topological polar surface area (TPSA) is 62.2 Å². The van der Waals surface area contributed by atoms with E-state index in [2.05, 4.69) is 10.3 Å². The van der Waals surface area contributed by atoms with Crippen molar-refractivity contribution in [2.45, 2.75) is 13.0 Å². The molecule has 0 unspecified atom stereocenters. The summed E-state index contributed by atoms with van der Waals surface area (Å²) in [6, 6.07) is -0.389. The first kappa shape index (κ1) is 13.5. The number of rotatable bonds is 3. The zero-order chi connectivity index (χ0) is 12.3. The van der Waals surface area contributed by atoms with Gasteiger partial charge in [-0.25, -0.2) is 4.98 Å². The van der Waals surface area contributed by atoms with Crippen LogP contribution in [-0.2, 0) is 0 Å². The lowest BCUT2D eigenvalue weighted by Crippen LogP contribution is -2.35. The summed E-state index contributed by atoms with van der Waals surface area (Å²) in [5.74, 6) is -0.509. The van der Waals surface area contributed by atoms with Gasteiger partial charge in [0, 0.05) is 12.2 Å². The Labute approximate surface area is 108 Å². The monoisotopic (exact) mass is 282 g/mol. The normalized spacial score (nSPS) is 12.3. The number of hydrogen-bond donors (Lipinski definition) is 2. The number of pyridine rings is 1. The highest BCUT2D eigenvalue weighted by molar-refractivity contribution is 6.48. The van der Waals surface area contributed by atoms with Crippen molar-refractivity contribution in [3.8, 4) is 0 Å². The van der Waals surface area contributed by atoms with Crippen LogP contribution < -0.4 is 5.32 Å². The molecule has 0 fully saturated rings. The third-order valence-corrected chi connectivity index (χ3v) is 3.02. The van der Waals surface area contributed by atoms with Crippen LogP contribution in [0.25, 0.3) is 0 Å². The van der Waals surface area contributed by atoms with E-state index in [4.69, 9.17) is 39.9 Å². The SMILES string of the molecule is C[C@@H](CO)NC(=O)c1ncc(Cl)c(Cl)c1Cl. The van der Waals surface area contributed by atoms with Gasteiger partial charge in [-0.05, 0) is 6.92 Å². The van der Waals surface area contributed by atoms with Crippen LogP contribution in [0, 0.1) is 0 Å². The van der Waals surface area contributed by atoms with Crippen molar-refractivity contribution >= 4 is 40.7 Å². The second-order valence-electron chi connectivity index (χ2n) is 3.14. The molecular formula is C9H9Cl3N2O2. The van der Waals surface area contributed by atoms with E-state index in [9.17, 15) is 4.79 Å². The number of aliphatic hydroxyl groups is 1. The fourth-order valence-electron chi connectivity index (χ4n) is 0.939. The summed E-state index contributed by atoms with van der Waals surface area (Å²) in [4.78, 5) is 15.4. The van der Waals surface area contributed by atoms with Gasteiger partial charge >= 0.3 is 0 Å². The maximum Gasteiger partial charge on any atom is 0.271 e. The van der Waals surface area contributed by atoms with Gasteiger partial charge in [0.25, 0.3) is 5.91 Å². The smallest absolute Gasteiger partial charge is 0.271 e. The number of aliphatic hydroxyl groups excluding tert-OH is 1. The summed E-state index contributed by atoms with van der Waals surface area (Å²) in [5, 5.41) is 11.5. The summed E-state index contributed by atoms with van der Waals surface area (Å²) in [5.41, 5.74) is -0.0173. The van der Waals surface area contributed by atoms with Gasteiger partial charge in [0.1, 0.15) is 5.69 Å². The Bertz CT molecular complexity index is 412. The minimum absolute atomic E-state index is 0.00296. The fraction of sp³-hybridized carbons (Fsp3) is 0.333. The molecule has 16 heavy (non-hydrogen) atoms. The largest absolute Gasteiger partial charge is 0.394 e. The van der Waals surface area contributed by atoms with Gasteiger partial charge in [-0.15, -0.1) is 0 Å². The second-order valence-corrected chi connectivity index (χ2v) is 4.30. The molecule has 1 aromatic heterocycles. The number of nitrogens with zero attached hydrogens (tertiary/aromatic N) is 1. The summed E-state index contributed by atoms with van der Waals surface area (Å²) in [6.07, 6.45) is 1.24. The Balaban J connectivity index is 2.97. The zero-order valence-electron chi connectivity index (χ0n) is 8.30. The number of aromatic nitrogens is 1. The Kier molecular flexibility index (Phi) is 4.80. The van der Waals surface area contributed by atoms with Crippen molar-refractivity contribution < 1.29 is 9.90 Å². The Morgan fingerprint density at radius 2 is 2.12 bits per heavy atom. The first-order valence-electron chi connectivity index (χ1n) is 4.38. The van der Waals surface area contributed by atoms with Gasteiger partial charge in [-0.1, -0.05) is 34.8 Å². The molecule has 88 valence electrons. The van der Waals surface area contributed by atoms with E-state index in [1.54, 1.807) is 6.92 Å². The maximum atomic E-state index is 11.6. The van der Waals surface area contributed by atoms with Crippen molar-refractivity contribution in [1.29, 1.82) is 0 Å². The van der Waals surface area contributed by atoms with Gasteiger partial charge in [0.05, 0.1) is 21.7 Å². The predicted molar refractivity (Wildman–Crippen MR) is 63.3 cm³/mol. The number of carbonyl (C=O) groups is 1. The van der Waals surface area contributed by atoms with Crippen LogP contribution in [0.3, 0.4) is 0 Å². The lowest BCUT2D eigenvalue weighted by molar-refractivity contribution is 0.0917. The van der Waals surface area contributed by atoms with Crippen molar-refractivity contribution in [3.63, 3.8) is 0 Å². The molecule has 1 aromatic rings. The predicted octanol–water partition coefficient (Wildman–Crippen LogP) is 2.15. The van der Waals surface area contributed by atoms with Crippen LogP contribution in [0.4, 0.5) is 0 Å². The first-order valence-corrected chi connectivity index (χ1v) is 5.52. The summed E-state index contributed by atoms with van der Waals surface area (Å²) >= 11 is 17.3. The Morgan fingerprint density at radius 3 is 2.69 bits per heavy atom. The van der Waals surface area contributed by atoms with Crippen LogP contribution in [0.15, 0.2) is 6.20 Å². The first-order chi connectivity index (χ1) is 7.47. The molecule has 0 saturated heterocycles. The fourth-order valence-corrected chi connectivity index (χ4v) is 1.51. The molecule has 0 aliphatic carbocycles. The third-order valence-electron chi connectivity index (χ3n) is 1.78. The van der Waals surface area contributed by atoms with Crippen molar-refractivity contribution in [2.75, 3.05) is 6.61 Å². The minimum atomic E-state index is -0.509. The molecular weight excluding hydrogens is 274 g/mol. The highest BCUT2D eigenvalue weighted by Crippen LogP contribution is 2.30. The summed E-state index contributed by atoms with van der Waals surface area (Å²) in [7, 11) is 0. The van der Waals surface area contributed by atoms with Crippen LogP contribution >= 0.6 is 34.8 Å². The van der Waals surface area contributed by atoms with E-state index in [0.717, 1.165) is 0 Å². The highest BCUT2D eigenvalue weighted by atomic mass is 35.5. The van der Waals surface area contributed by atoms with Gasteiger partial charge in [-0.2, -0.15) is 0 Å². The average molecular weight is 284 g/mol. The molecule has 0 aliphatic rings. The molecule has 0 spiro atoms. The molecule has 1 amide bonds. The third kappa shape index (κ3) is 2.98. The number of hydrogen-bond acceptors (Lipinski definition) is 3. The molecule has 0 aliphatic heterocycles. The lowest BCUT2D eigenvalue weighted by atomic mass is 10.3. The van der Waals surface area contributed by atoms with Gasteiger partial charge in [0.15, 0.2) is 0 Å². The molecule has 0 saturated carbocycles. The molecule has 7 heteroatoms. The second kappa shape index (κ2) is 5.68. The van der Waals surface area contributed by atoms with Crippen LogP contribution in [-0.4, -0.2) is 28.6 Å².